The van der Waals surface area contributed by atoms with E-state index in [4.69, 9.17) is 0 Å². The summed E-state index contributed by atoms with van der Waals surface area (Å²) < 4.78 is 14.2. The largest absolute Gasteiger partial charge is 0.250 e. The molecule has 3 heteroatoms. The molecule has 0 fully saturated rings. The Balaban J connectivity index is 2.75. The summed E-state index contributed by atoms with van der Waals surface area (Å²) in [5.74, 6) is -0.273. The zero-order chi connectivity index (χ0) is 10.1. The van der Waals surface area contributed by atoms with Crippen LogP contribution in [0.5, 0.6) is 0 Å². The first-order chi connectivity index (χ1) is 6.70. The first-order valence-electron chi connectivity index (χ1n) is 4.45. The van der Waals surface area contributed by atoms with Crippen LogP contribution in [-0.2, 0) is 6.42 Å². The van der Waals surface area contributed by atoms with Crippen molar-refractivity contribution in [3.8, 4) is 0 Å². The first kappa shape index (κ1) is 9.59. The lowest BCUT2D eigenvalue weighted by Crippen LogP contribution is -1.90. The third kappa shape index (κ3) is 1.64. The fraction of sp³-hybridized carbons (Fsp3) is 0.182. The zero-order valence-corrected chi connectivity index (χ0v) is 9.31. The summed E-state index contributed by atoms with van der Waals surface area (Å²) in [6, 6.07) is 7.13. The Labute approximate surface area is 90.1 Å². The van der Waals surface area contributed by atoms with Crippen molar-refractivity contribution in [3.63, 3.8) is 0 Å². The van der Waals surface area contributed by atoms with Crippen LogP contribution in [-0.4, -0.2) is 4.98 Å². The molecule has 0 aliphatic heterocycles. The highest BCUT2D eigenvalue weighted by molar-refractivity contribution is 9.10. The Hall–Kier alpha value is -0.960. The Bertz CT molecular complexity index is 482. The highest BCUT2D eigenvalue weighted by atomic mass is 79.9. The van der Waals surface area contributed by atoms with E-state index >= 15 is 0 Å². The lowest BCUT2D eigenvalue weighted by Gasteiger charge is -2.02. The average molecular weight is 254 g/mol. The average Bonchev–Trinajstić information content (AvgIpc) is 2.17. The molecule has 0 aliphatic carbocycles. The van der Waals surface area contributed by atoms with Gasteiger partial charge in [0.2, 0.25) is 0 Å². The maximum absolute atomic E-state index is 13.5. The molecule has 1 aromatic heterocycles. The fourth-order valence-electron chi connectivity index (χ4n) is 1.39. The van der Waals surface area contributed by atoms with Crippen molar-refractivity contribution < 1.29 is 4.39 Å². The van der Waals surface area contributed by atoms with Gasteiger partial charge in [-0.25, -0.2) is 9.37 Å². The number of halogens is 2. The highest BCUT2D eigenvalue weighted by Gasteiger charge is 2.04. The standard InChI is InChI=1S/C11H9BrFN/c1-2-9-4-3-7-5-8(12)6-10(13)11(7)14-9/h3-6H,2H2,1H3. The van der Waals surface area contributed by atoms with Crippen LogP contribution in [0.25, 0.3) is 10.9 Å². The second-order valence-corrected chi connectivity index (χ2v) is 4.03. The third-order valence-electron chi connectivity index (χ3n) is 2.13. The molecular formula is C11H9BrFN. The van der Waals surface area contributed by atoms with Crippen LogP contribution in [0.2, 0.25) is 0 Å². The molecule has 0 radical (unpaired) electrons. The van der Waals surface area contributed by atoms with Crippen LogP contribution < -0.4 is 0 Å². The molecule has 0 amide bonds. The number of fused-ring (bicyclic) bond motifs is 1. The molecular weight excluding hydrogens is 245 g/mol. The molecule has 2 rings (SSSR count). The summed E-state index contributed by atoms with van der Waals surface area (Å²) in [6.07, 6.45) is 0.825. The lowest BCUT2D eigenvalue weighted by atomic mass is 10.2. The Morgan fingerprint density at radius 3 is 2.86 bits per heavy atom. The van der Waals surface area contributed by atoms with Gasteiger partial charge in [-0.3, -0.25) is 0 Å². The molecule has 2 aromatic rings. The molecule has 0 saturated carbocycles. The van der Waals surface area contributed by atoms with Gasteiger partial charge in [0.05, 0.1) is 0 Å². The molecule has 0 unspecified atom stereocenters. The summed E-state index contributed by atoms with van der Waals surface area (Å²) in [5, 5.41) is 0.828. The van der Waals surface area contributed by atoms with E-state index < -0.39 is 0 Å². The Morgan fingerprint density at radius 2 is 2.14 bits per heavy atom. The molecule has 1 nitrogen and oxygen atoms in total. The minimum absolute atomic E-state index is 0.273. The van der Waals surface area contributed by atoms with Crippen LogP contribution >= 0.6 is 15.9 Å². The van der Waals surface area contributed by atoms with Gasteiger partial charge < -0.3 is 0 Å². The van der Waals surface area contributed by atoms with Crippen LogP contribution in [0, 0.1) is 5.82 Å². The molecule has 14 heavy (non-hydrogen) atoms. The van der Waals surface area contributed by atoms with Gasteiger partial charge in [0.15, 0.2) is 5.82 Å². The molecule has 0 bridgehead atoms. The first-order valence-corrected chi connectivity index (χ1v) is 5.24. The molecule has 0 spiro atoms. The van der Waals surface area contributed by atoms with Gasteiger partial charge in [0, 0.05) is 15.6 Å². The summed E-state index contributed by atoms with van der Waals surface area (Å²) >= 11 is 3.25. The summed E-state index contributed by atoms with van der Waals surface area (Å²) in [6.45, 7) is 2.00. The van der Waals surface area contributed by atoms with Crippen molar-refractivity contribution in [1.29, 1.82) is 0 Å². The van der Waals surface area contributed by atoms with Gasteiger partial charge in [-0.15, -0.1) is 0 Å². The Morgan fingerprint density at radius 1 is 1.36 bits per heavy atom. The van der Waals surface area contributed by atoms with Crippen molar-refractivity contribution >= 4 is 26.8 Å². The zero-order valence-electron chi connectivity index (χ0n) is 7.72. The van der Waals surface area contributed by atoms with E-state index in [1.54, 1.807) is 0 Å². The number of aryl methyl sites for hydroxylation is 1. The van der Waals surface area contributed by atoms with Gasteiger partial charge >= 0.3 is 0 Å². The minimum Gasteiger partial charge on any atom is -0.250 e. The van der Waals surface area contributed by atoms with Crippen molar-refractivity contribution in [2.24, 2.45) is 0 Å². The highest BCUT2D eigenvalue weighted by Crippen LogP contribution is 2.22. The number of hydrogen-bond acceptors (Lipinski definition) is 1. The number of pyridine rings is 1. The van der Waals surface area contributed by atoms with Crippen LogP contribution in [0.15, 0.2) is 28.7 Å². The molecule has 0 atom stereocenters. The monoisotopic (exact) mass is 253 g/mol. The molecule has 1 aromatic carbocycles. The van der Waals surface area contributed by atoms with Gasteiger partial charge in [-0.1, -0.05) is 28.9 Å². The number of aromatic nitrogens is 1. The predicted octanol–water partition coefficient (Wildman–Crippen LogP) is 3.70. The van der Waals surface area contributed by atoms with Gasteiger partial charge in [0.25, 0.3) is 0 Å². The van der Waals surface area contributed by atoms with Crippen molar-refractivity contribution in [3.05, 3.63) is 40.2 Å². The maximum Gasteiger partial charge on any atom is 0.150 e. The fourth-order valence-corrected chi connectivity index (χ4v) is 1.84. The summed E-state index contributed by atoms with van der Waals surface area (Å²) in [5.41, 5.74) is 1.37. The number of rotatable bonds is 1. The van der Waals surface area contributed by atoms with E-state index in [-0.39, 0.29) is 5.82 Å². The maximum atomic E-state index is 13.5. The quantitative estimate of drug-likeness (QED) is 0.756. The minimum atomic E-state index is -0.273. The molecule has 0 N–H and O–H groups in total. The second kappa shape index (κ2) is 3.65. The smallest absolute Gasteiger partial charge is 0.150 e. The molecule has 0 saturated heterocycles. The summed E-state index contributed by atoms with van der Waals surface area (Å²) in [4.78, 5) is 4.24. The van der Waals surface area contributed by atoms with Crippen molar-refractivity contribution in [2.45, 2.75) is 13.3 Å². The van der Waals surface area contributed by atoms with Gasteiger partial charge in [-0.05, 0) is 24.6 Å². The van der Waals surface area contributed by atoms with E-state index in [1.807, 2.05) is 25.1 Å². The van der Waals surface area contributed by atoms with E-state index in [0.717, 1.165) is 22.0 Å². The Kier molecular flexibility index (Phi) is 2.50. The SMILES string of the molecule is CCc1ccc2cc(Br)cc(F)c2n1. The lowest BCUT2D eigenvalue weighted by molar-refractivity contribution is 0.635. The second-order valence-electron chi connectivity index (χ2n) is 3.12. The van der Waals surface area contributed by atoms with E-state index in [9.17, 15) is 4.39 Å². The van der Waals surface area contributed by atoms with E-state index in [0.29, 0.717) is 5.52 Å². The van der Waals surface area contributed by atoms with E-state index in [1.165, 1.54) is 6.07 Å². The normalized spacial score (nSPS) is 10.8. The van der Waals surface area contributed by atoms with Crippen LogP contribution in [0.1, 0.15) is 12.6 Å². The van der Waals surface area contributed by atoms with Gasteiger partial charge in [0.1, 0.15) is 5.52 Å². The third-order valence-corrected chi connectivity index (χ3v) is 2.59. The van der Waals surface area contributed by atoms with E-state index in [2.05, 4.69) is 20.9 Å². The number of benzene rings is 1. The van der Waals surface area contributed by atoms with Crippen molar-refractivity contribution in [2.75, 3.05) is 0 Å². The van der Waals surface area contributed by atoms with Gasteiger partial charge in [-0.2, -0.15) is 0 Å². The number of nitrogens with zero attached hydrogens (tertiary/aromatic N) is 1. The molecule has 0 aliphatic rings. The molecule has 72 valence electrons. The topological polar surface area (TPSA) is 12.9 Å². The van der Waals surface area contributed by atoms with Crippen LogP contribution in [0.4, 0.5) is 4.39 Å². The van der Waals surface area contributed by atoms with Crippen molar-refractivity contribution in [1.82, 2.24) is 4.98 Å². The molecule has 1 heterocycles. The predicted molar refractivity (Wildman–Crippen MR) is 58.8 cm³/mol. The number of hydrogen-bond donors (Lipinski definition) is 0. The van der Waals surface area contributed by atoms with Crippen LogP contribution in [0.3, 0.4) is 0 Å². The summed E-state index contributed by atoms with van der Waals surface area (Å²) in [7, 11) is 0.